The zero-order valence-corrected chi connectivity index (χ0v) is 12.6. The molecule has 0 amide bonds. The number of benzene rings is 1. The Kier molecular flexibility index (Phi) is 5.19. The fourth-order valence-electron chi connectivity index (χ4n) is 1.82. The van der Waals surface area contributed by atoms with Gasteiger partial charge in [-0.2, -0.15) is 0 Å². The van der Waals surface area contributed by atoms with Crippen molar-refractivity contribution in [3.63, 3.8) is 0 Å². The summed E-state index contributed by atoms with van der Waals surface area (Å²) in [7, 11) is 0. The number of imidazole rings is 1. The van der Waals surface area contributed by atoms with Gasteiger partial charge in [0.25, 0.3) is 0 Å². The molecule has 0 saturated carbocycles. The molecule has 1 aromatic carbocycles. The van der Waals surface area contributed by atoms with Gasteiger partial charge < -0.3 is 9.72 Å². The summed E-state index contributed by atoms with van der Waals surface area (Å²) >= 11 is 2.30. The van der Waals surface area contributed by atoms with E-state index < -0.39 is 0 Å². The zero-order chi connectivity index (χ0) is 12.8. The first kappa shape index (κ1) is 13.5. The summed E-state index contributed by atoms with van der Waals surface area (Å²) in [6, 6.07) is 8.41. The maximum absolute atomic E-state index is 5.68. The smallest absolute Gasteiger partial charge is 0.0925 e. The minimum atomic E-state index is 0.673. The van der Waals surface area contributed by atoms with Gasteiger partial charge in [0, 0.05) is 15.7 Å². The standard InChI is InChI=1S/C14H17IN2O/c1-2-13-14(17-10-16-13)7-8-18-9-11-3-5-12(15)6-4-11/h3-6,10H,2,7-9H2,1H3,(H,16,17). The maximum atomic E-state index is 5.68. The number of aromatic amines is 1. The number of hydrogen-bond acceptors (Lipinski definition) is 2. The lowest BCUT2D eigenvalue weighted by Gasteiger charge is -2.04. The molecule has 1 aromatic heterocycles. The van der Waals surface area contributed by atoms with Gasteiger partial charge in [-0.15, -0.1) is 0 Å². The Morgan fingerprint density at radius 2 is 2.06 bits per heavy atom. The first-order chi connectivity index (χ1) is 8.79. The van der Waals surface area contributed by atoms with Crippen LogP contribution in [-0.2, 0) is 24.2 Å². The normalized spacial score (nSPS) is 10.8. The molecule has 2 aromatic rings. The van der Waals surface area contributed by atoms with E-state index in [0.29, 0.717) is 6.61 Å². The molecule has 4 heteroatoms. The van der Waals surface area contributed by atoms with Crippen molar-refractivity contribution in [2.45, 2.75) is 26.4 Å². The van der Waals surface area contributed by atoms with Gasteiger partial charge in [0.05, 0.1) is 25.2 Å². The van der Waals surface area contributed by atoms with Crippen molar-refractivity contribution in [2.75, 3.05) is 6.61 Å². The van der Waals surface area contributed by atoms with Crippen LogP contribution in [0.5, 0.6) is 0 Å². The van der Waals surface area contributed by atoms with Crippen LogP contribution in [0.2, 0.25) is 0 Å². The highest BCUT2D eigenvalue weighted by Crippen LogP contribution is 2.09. The summed E-state index contributed by atoms with van der Waals surface area (Å²) in [5.74, 6) is 0. The van der Waals surface area contributed by atoms with Crippen LogP contribution in [0.3, 0.4) is 0 Å². The van der Waals surface area contributed by atoms with Crippen molar-refractivity contribution in [3.8, 4) is 0 Å². The molecule has 0 spiro atoms. The number of rotatable bonds is 6. The molecule has 0 bridgehead atoms. The van der Waals surface area contributed by atoms with Crippen molar-refractivity contribution < 1.29 is 4.74 Å². The van der Waals surface area contributed by atoms with E-state index in [-0.39, 0.29) is 0 Å². The molecule has 2 rings (SSSR count). The first-order valence-corrected chi connectivity index (χ1v) is 7.20. The molecule has 96 valence electrons. The van der Waals surface area contributed by atoms with Crippen LogP contribution in [0.1, 0.15) is 23.9 Å². The predicted molar refractivity (Wildman–Crippen MR) is 80.5 cm³/mol. The highest BCUT2D eigenvalue weighted by molar-refractivity contribution is 14.1. The van der Waals surface area contributed by atoms with Crippen LogP contribution in [0, 0.1) is 3.57 Å². The number of hydrogen-bond donors (Lipinski definition) is 1. The van der Waals surface area contributed by atoms with Crippen molar-refractivity contribution in [2.24, 2.45) is 0 Å². The number of halogens is 1. The molecule has 0 radical (unpaired) electrons. The molecule has 0 aliphatic heterocycles. The molecule has 0 unspecified atom stereocenters. The van der Waals surface area contributed by atoms with E-state index in [4.69, 9.17) is 4.74 Å². The van der Waals surface area contributed by atoms with E-state index in [0.717, 1.165) is 25.1 Å². The molecule has 0 aliphatic rings. The fourth-order valence-corrected chi connectivity index (χ4v) is 2.17. The molecule has 0 saturated heterocycles. The first-order valence-electron chi connectivity index (χ1n) is 6.13. The van der Waals surface area contributed by atoms with Crippen molar-refractivity contribution >= 4 is 22.6 Å². The largest absolute Gasteiger partial charge is 0.376 e. The molecule has 1 heterocycles. The third kappa shape index (κ3) is 3.81. The van der Waals surface area contributed by atoms with E-state index in [1.807, 2.05) is 0 Å². The summed E-state index contributed by atoms with van der Waals surface area (Å²) in [5.41, 5.74) is 3.56. The molecular weight excluding hydrogens is 339 g/mol. The van der Waals surface area contributed by atoms with Crippen LogP contribution >= 0.6 is 22.6 Å². The van der Waals surface area contributed by atoms with Crippen molar-refractivity contribution in [3.05, 3.63) is 51.1 Å². The van der Waals surface area contributed by atoms with Crippen LogP contribution in [0.4, 0.5) is 0 Å². The molecule has 18 heavy (non-hydrogen) atoms. The van der Waals surface area contributed by atoms with E-state index in [1.165, 1.54) is 14.8 Å². The van der Waals surface area contributed by atoms with Gasteiger partial charge in [-0.1, -0.05) is 19.1 Å². The Morgan fingerprint density at radius 3 is 2.78 bits per heavy atom. The number of ether oxygens (including phenoxy) is 1. The lowest BCUT2D eigenvalue weighted by atomic mass is 10.2. The molecule has 0 fully saturated rings. The quantitative estimate of drug-likeness (QED) is 0.637. The van der Waals surface area contributed by atoms with Crippen molar-refractivity contribution in [1.29, 1.82) is 0 Å². The van der Waals surface area contributed by atoms with Crippen LogP contribution in [-0.4, -0.2) is 16.6 Å². The van der Waals surface area contributed by atoms with E-state index in [9.17, 15) is 0 Å². The molecular formula is C14H17IN2O. The topological polar surface area (TPSA) is 37.9 Å². The van der Waals surface area contributed by atoms with Gasteiger partial charge in [-0.05, 0) is 46.7 Å². The number of H-pyrrole nitrogens is 1. The Morgan fingerprint density at radius 1 is 1.28 bits per heavy atom. The van der Waals surface area contributed by atoms with Gasteiger partial charge in [-0.3, -0.25) is 0 Å². The Labute approximate surface area is 121 Å². The lowest BCUT2D eigenvalue weighted by Crippen LogP contribution is -2.01. The molecule has 3 nitrogen and oxygen atoms in total. The number of nitrogens with zero attached hydrogens (tertiary/aromatic N) is 1. The van der Waals surface area contributed by atoms with Crippen molar-refractivity contribution in [1.82, 2.24) is 9.97 Å². The van der Waals surface area contributed by atoms with E-state index >= 15 is 0 Å². The highest BCUT2D eigenvalue weighted by Gasteiger charge is 2.03. The summed E-state index contributed by atoms with van der Waals surface area (Å²) in [4.78, 5) is 7.44. The average Bonchev–Trinajstić information content (AvgIpc) is 2.84. The third-order valence-corrected chi connectivity index (χ3v) is 3.54. The van der Waals surface area contributed by atoms with Gasteiger partial charge in [0.2, 0.25) is 0 Å². The maximum Gasteiger partial charge on any atom is 0.0925 e. The van der Waals surface area contributed by atoms with Gasteiger partial charge >= 0.3 is 0 Å². The van der Waals surface area contributed by atoms with Crippen LogP contribution in [0.25, 0.3) is 0 Å². The minimum Gasteiger partial charge on any atom is -0.376 e. The SMILES string of the molecule is CCc1nc[nH]c1CCOCc1ccc(I)cc1. The fraction of sp³-hybridized carbons (Fsp3) is 0.357. The Hall–Kier alpha value is -0.880. The summed E-state index contributed by atoms with van der Waals surface area (Å²) in [6.07, 6.45) is 3.62. The summed E-state index contributed by atoms with van der Waals surface area (Å²) in [6.45, 7) is 3.51. The second-order valence-electron chi connectivity index (χ2n) is 4.11. The number of aryl methyl sites for hydroxylation is 1. The van der Waals surface area contributed by atoms with Crippen LogP contribution < -0.4 is 0 Å². The van der Waals surface area contributed by atoms with Crippen LogP contribution in [0.15, 0.2) is 30.6 Å². The summed E-state index contributed by atoms with van der Waals surface area (Å²) in [5, 5.41) is 0. The lowest BCUT2D eigenvalue weighted by molar-refractivity contribution is 0.123. The number of aromatic nitrogens is 2. The third-order valence-electron chi connectivity index (χ3n) is 2.82. The molecule has 0 atom stereocenters. The van der Waals surface area contributed by atoms with Gasteiger partial charge in [0.15, 0.2) is 0 Å². The zero-order valence-electron chi connectivity index (χ0n) is 10.4. The van der Waals surface area contributed by atoms with E-state index in [2.05, 4.69) is 63.7 Å². The average molecular weight is 356 g/mol. The Bertz CT molecular complexity index is 479. The molecule has 1 N–H and O–H groups in total. The van der Waals surface area contributed by atoms with Gasteiger partial charge in [-0.25, -0.2) is 4.98 Å². The highest BCUT2D eigenvalue weighted by atomic mass is 127. The second kappa shape index (κ2) is 6.89. The summed E-state index contributed by atoms with van der Waals surface area (Å²) < 4.78 is 6.93. The Balaban J connectivity index is 1.74. The van der Waals surface area contributed by atoms with Gasteiger partial charge in [0.1, 0.15) is 0 Å². The molecule has 0 aliphatic carbocycles. The monoisotopic (exact) mass is 356 g/mol. The minimum absolute atomic E-state index is 0.673. The number of nitrogens with one attached hydrogen (secondary N) is 1. The van der Waals surface area contributed by atoms with E-state index in [1.54, 1.807) is 6.33 Å². The predicted octanol–water partition coefficient (Wildman–Crippen LogP) is 3.34. The second-order valence-corrected chi connectivity index (χ2v) is 5.36.